The maximum Gasteiger partial charge on any atom is 0.164 e. The summed E-state index contributed by atoms with van der Waals surface area (Å²) < 4.78 is 0. The molecule has 0 atom stereocenters. The number of nitrogens with zero attached hydrogens (tertiary/aromatic N) is 4. The molecule has 0 aliphatic heterocycles. The molecule has 7 aromatic carbocycles. The number of aryl methyl sites for hydroxylation is 1. The van der Waals surface area contributed by atoms with E-state index in [0.29, 0.717) is 17.5 Å². The van der Waals surface area contributed by atoms with Gasteiger partial charge in [-0.3, -0.25) is 4.98 Å². The zero-order valence-corrected chi connectivity index (χ0v) is 30.7. The fraction of sp³-hybridized carbons (Fsp3) is 0.0385. The Balaban J connectivity index is 1.16. The minimum absolute atomic E-state index is 0.532. The predicted octanol–water partition coefficient (Wildman–Crippen LogP) is 12.3. The second kappa shape index (κ2) is 12.6. The van der Waals surface area contributed by atoms with E-state index in [1.165, 1.54) is 66.8 Å². The van der Waals surface area contributed by atoms with E-state index in [2.05, 4.69) is 151 Å². The quantitative estimate of drug-likeness (QED) is 0.178. The Labute approximate surface area is 325 Å². The third kappa shape index (κ3) is 4.79. The fourth-order valence-corrected chi connectivity index (χ4v) is 9.13. The number of aromatic nitrogens is 4. The molecule has 4 nitrogen and oxygen atoms in total. The molecule has 0 bridgehead atoms. The van der Waals surface area contributed by atoms with Gasteiger partial charge in [0, 0.05) is 29.1 Å². The molecule has 2 aliphatic rings. The van der Waals surface area contributed by atoms with Crippen molar-refractivity contribution in [3.05, 3.63) is 216 Å². The van der Waals surface area contributed by atoms with E-state index < -0.39 is 5.41 Å². The van der Waals surface area contributed by atoms with Gasteiger partial charge >= 0.3 is 0 Å². The van der Waals surface area contributed by atoms with E-state index in [4.69, 9.17) is 15.0 Å². The van der Waals surface area contributed by atoms with Crippen molar-refractivity contribution in [2.45, 2.75) is 12.3 Å². The van der Waals surface area contributed by atoms with Crippen LogP contribution in [0.3, 0.4) is 0 Å². The number of pyridine rings is 1. The second-order valence-corrected chi connectivity index (χ2v) is 14.6. The van der Waals surface area contributed by atoms with Crippen LogP contribution in [0.15, 0.2) is 188 Å². The Bertz CT molecular complexity index is 2870. The van der Waals surface area contributed by atoms with Crippen molar-refractivity contribution in [1.29, 1.82) is 0 Å². The van der Waals surface area contributed by atoms with Gasteiger partial charge in [0.25, 0.3) is 0 Å². The van der Waals surface area contributed by atoms with Gasteiger partial charge in [0.15, 0.2) is 17.5 Å². The van der Waals surface area contributed by atoms with Crippen molar-refractivity contribution < 1.29 is 0 Å². The van der Waals surface area contributed by atoms with Crippen molar-refractivity contribution >= 4 is 0 Å². The van der Waals surface area contributed by atoms with Gasteiger partial charge in [0.2, 0.25) is 0 Å². The number of benzene rings is 7. The standard InChI is InChI=1S/C52H34N4/c1-33-32-53-30-29-39(33)34-23-25-35(26-24-34)40-19-12-22-46-48(40)43-28-27-38(31-47(43)52(46)44-20-10-8-17-41(44)42-18-9-11-21-45(42)52)51-55-49(36-13-4-2-5-14-36)54-50(56-51)37-15-6-3-7-16-37/h2-32H,1H3. The van der Waals surface area contributed by atoms with Gasteiger partial charge < -0.3 is 0 Å². The lowest BCUT2D eigenvalue weighted by Gasteiger charge is -2.30. The largest absolute Gasteiger partial charge is 0.264 e. The highest BCUT2D eigenvalue weighted by molar-refractivity contribution is 6.00. The van der Waals surface area contributed by atoms with Crippen LogP contribution in [0.5, 0.6) is 0 Å². The van der Waals surface area contributed by atoms with Crippen molar-refractivity contribution in [1.82, 2.24) is 19.9 Å². The normalized spacial score (nSPS) is 12.9. The Morgan fingerprint density at radius 3 is 1.46 bits per heavy atom. The lowest BCUT2D eigenvalue weighted by Crippen LogP contribution is -2.26. The molecule has 56 heavy (non-hydrogen) atoms. The van der Waals surface area contributed by atoms with Crippen molar-refractivity contribution in [2.75, 3.05) is 0 Å². The van der Waals surface area contributed by atoms with Crippen LogP contribution in [0.1, 0.15) is 27.8 Å². The van der Waals surface area contributed by atoms with Crippen molar-refractivity contribution in [3.63, 3.8) is 0 Å². The predicted molar refractivity (Wildman–Crippen MR) is 226 cm³/mol. The van der Waals surface area contributed by atoms with Crippen LogP contribution in [0, 0.1) is 6.92 Å². The fourth-order valence-electron chi connectivity index (χ4n) is 9.13. The molecule has 0 N–H and O–H groups in total. The Kier molecular flexibility index (Phi) is 7.26. The van der Waals surface area contributed by atoms with Gasteiger partial charge in [-0.1, -0.05) is 164 Å². The highest BCUT2D eigenvalue weighted by atomic mass is 15.0. The average Bonchev–Trinajstić information content (AvgIpc) is 3.74. The molecule has 2 aliphatic carbocycles. The molecule has 2 heterocycles. The molecule has 0 radical (unpaired) electrons. The average molecular weight is 715 g/mol. The van der Waals surface area contributed by atoms with E-state index in [9.17, 15) is 0 Å². The molecule has 0 saturated carbocycles. The molecule has 262 valence electrons. The third-order valence-corrected chi connectivity index (χ3v) is 11.6. The van der Waals surface area contributed by atoms with Crippen molar-refractivity contribution in [3.8, 4) is 78.7 Å². The van der Waals surface area contributed by atoms with E-state index in [1.54, 1.807) is 0 Å². The lowest BCUT2D eigenvalue weighted by atomic mass is 9.70. The summed E-state index contributed by atoms with van der Waals surface area (Å²) in [6.07, 6.45) is 3.79. The molecule has 0 fully saturated rings. The van der Waals surface area contributed by atoms with Crippen LogP contribution >= 0.6 is 0 Å². The molecule has 0 unspecified atom stereocenters. The van der Waals surface area contributed by atoms with E-state index in [-0.39, 0.29) is 0 Å². The first-order valence-electron chi connectivity index (χ1n) is 19.0. The number of hydrogen-bond acceptors (Lipinski definition) is 4. The first-order valence-corrected chi connectivity index (χ1v) is 19.0. The zero-order valence-electron chi connectivity index (χ0n) is 30.7. The van der Waals surface area contributed by atoms with Gasteiger partial charge in [-0.25, -0.2) is 15.0 Å². The maximum absolute atomic E-state index is 5.16. The molecular formula is C52H34N4. The summed E-state index contributed by atoms with van der Waals surface area (Å²) in [6.45, 7) is 2.12. The Morgan fingerprint density at radius 2 is 0.857 bits per heavy atom. The van der Waals surface area contributed by atoms with Gasteiger partial charge in [-0.15, -0.1) is 0 Å². The monoisotopic (exact) mass is 714 g/mol. The topological polar surface area (TPSA) is 51.6 Å². The SMILES string of the molecule is Cc1cnccc1-c1ccc(-c2cccc3c2-c2ccc(-c4nc(-c5ccccc5)nc(-c5ccccc5)n4)cc2C32c3ccccc3-c3ccccc32)cc1. The van der Waals surface area contributed by atoms with Gasteiger partial charge in [-0.2, -0.15) is 0 Å². The molecular weight excluding hydrogens is 681 g/mol. The van der Waals surface area contributed by atoms with Crippen LogP contribution in [0.4, 0.5) is 0 Å². The summed E-state index contributed by atoms with van der Waals surface area (Å²) in [5.74, 6) is 1.95. The minimum Gasteiger partial charge on any atom is -0.264 e. The van der Waals surface area contributed by atoms with Gasteiger partial charge in [0.05, 0.1) is 5.41 Å². The third-order valence-electron chi connectivity index (χ3n) is 11.6. The van der Waals surface area contributed by atoms with E-state index >= 15 is 0 Å². The van der Waals surface area contributed by atoms with Crippen LogP contribution in [-0.2, 0) is 5.41 Å². The first-order chi connectivity index (χ1) is 27.7. The smallest absolute Gasteiger partial charge is 0.164 e. The zero-order chi connectivity index (χ0) is 37.2. The van der Waals surface area contributed by atoms with Gasteiger partial charge in [-0.05, 0) is 91.4 Å². The molecule has 2 aromatic heterocycles. The minimum atomic E-state index is -0.532. The van der Waals surface area contributed by atoms with Crippen LogP contribution < -0.4 is 0 Å². The highest BCUT2D eigenvalue weighted by Crippen LogP contribution is 2.64. The maximum atomic E-state index is 5.16. The van der Waals surface area contributed by atoms with Crippen LogP contribution in [-0.4, -0.2) is 19.9 Å². The highest BCUT2D eigenvalue weighted by Gasteiger charge is 2.52. The number of hydrogen-bond donors (Lipinski definition) is 0. The summed E-state index contributed by atoms with van der Waals surface area (Å²) in [4.78, 5) is 19.6. The summed E-state index contributed by atoms with van der Waals surface area (Å²) in [7, 11) is 0. The molecule has 0 saturated heterocycles. The Hall–Kier alpha value is -7.30. The molecule has 4 heteroatoms. The number of fused-ring (bicyclic) bond motifs is 10. The molecule has 1 spiro atoms. The Morgan fingerprint density at radius 1 is 0.357 bits per heavy atom. The van der Waals surface area contributed by atoms with Crippen LogP contribution in [0.25, 0.3) is 78.7 Å². The van der Waals surface area contributed by atoms with E-state index in [1.807, 2.05) is 48.8 Å². The second-order valence-electron chi connectivity index (χ2n) is 14.6. The summed E-state index contributed by atoms with van der Waals surface area (Å²) in [5.41, 5.74) is 18.4. The lowest BCUT2D eigenvalue weighted by molar-refractivity contribution is 0.794. The summed E-state index contributed by atoms with van der Waals surface area (Å²) in [6, 6.07) is 63.0. The first kappa shape index (κ1) is 32.2. The summed E-state index contributed by atoms with van der Waals surface area (Å²) >= 11 is 0. The van der Waals surface area contributed by atoms with E-state index in [0.717, 1.165) is 22.3 Å². The van der Waals surface area contributed by atoms with Gasteiger partial charge in [0.1, 0.15) is 0 Å². The van der Waals surface area contributed by atoms with Crippen molar-refractivity contribution in [2.24, 2.45) is 0 Å². The number of rotatable bonds is 5. The summed E-state index contributed by atoms with van der Waals surface area (Å²) in [5, 5.41) is 0. The molecule has 11 rings (SSSR count). The van der Waals surface area contributed by atoms with Crippen LogP contribution in [0.2, 0.25) is 0 Å². The molecule has 9 aromatic rings. The molecule has 0 amide bonds.